The number of carbonyl (C=O) groups is 6. The number of carbonyl (C=O) groups excluding carboxylic acids is 6. The zero-order valence-electron chi connectivity index (χ0n) is 66.4. The van der Waals surface area contributed by atoms with E-state index in [1.807, 2.05) is 84.2 Å². The van der Waals surface area contributed by atoms with Gasteiger partial charge in [0.2, 0.25) is 5.97 Å². The third kappa shape index (κ3) is 29.1. The summed E-state index contributed by atoms with van der Waals surface area (Å²) in [6.45, 7) is 42.3. The largest absolute Gasteiger partial charge is 1.00 e. The fraction of sp³-hybridized carbons (Fsp3) is 0.500. The van der Waals surface area contributed by atoms with E-state index in [-0.39, 0.29) is 70.3 Å². The van der Waals surface area contributed by atoms with Gasteiger partial charge in [-0.25, -0.2) is 29.3 Å². The van der Waals surface area contributed by atoms with Crippen LogP contribution in [0.2, 0.25) is 0 Å². The first-order valence-corrected chi connectivity index (χ1v) is 42.9. The van der Waals surface area contributed by atoms with E-state index < -0.39 is 43.7 Å². The van der Waals surface area contributed by atoms with Crippen molar-refractivity contribution in [3.8, 4) is 10.4 Å². The summed E-state index contributed by atoms with van der Waals surface area (Å²) in [6.07, 6.45) is 3.70. The van der Waals surface area contributed by atoms with Gasteiger partial charge in [0.25, 0.3) is 11.8 Å². The molecule has 8 aromatic rings. The molecule has 6 aliphatic heterocycles. The Morgan fingerprint density at radius 2 is 0.876 bits per heavy atom. The predicted molar refractivity (Wildman–Crippen MR) is 457 cm³/mol. The Morgan fingerprint density at radius 3 is 1.24 bits per heavy atom. The molecular formula is C72H96B4Br3N9NaO18S6. The molecule has 14 heterocycles. The molecule has 0 unspecified atom stereocenters. The van der Waals surface area contributed by atoms with Crippen molar-refractivity contribution in [2.75, 3.05) is 90.4 Å². The monoisotopic (exact) mass is 1870 g/mol. The number of fused-ring (bicyclic) bond motifs is 2. The van der Waals surface area contributed by atoms with Gasteiger partial charge in [-0.2, -0.15) is 0 Å². The van der Waals surface area contributed by atoms with Crippen LogP contribution in [0.15, 0.2) is 83.0 Å². The maximum atomic E-state index is 11.6. The molecule has 6 fully saturated rings. The Morgan fingerprint density at radius 1 is 0.513 bits per heavy atom. The first kappa shape index (κ1) is 97.7. The fourth-order valence-corrected chi connectivity index (χ4v) is 18.1. The maximum Gasteiger partial charge on any atom is 1.00 e. The van der Waals surface area contributed by atoms with Crippen molar-refractivity contribution in [1.82, 2.24) is 24.7 Å². The SMILES string of the molecule is Brc1csc(CN2CCOCC2)c1.CC(=O)OOC(C)=O.CC1(C)OB(B2OC(C)(C)C(C)(C)O2)OC1(C)C.CC1(C)OB(c2csc(CN3CCOCC3)c2)OC1(C)C.NC(=O)c1cnc(N)c2cc(-c3csc(CN4CCOCC4)c3)sc12.NC(=O)c1cnc(N)c2cc(Br)sc12.O=Cc1cc(Br)cs1.[B-]OC(C)=O.[Na+]. The zero-order chi connectivity index (χ0) is 82.7. The van der Waals surface area contributed by atoms with Crippen LogP contribution in [-0.2, 0) is 90.6 Å². The van der Waals surface area contributed by atoms with Crippen LogP contribution in [0.4, 0.5) is 11.6 Å². The van der Waals surface area contributed by atoms with E-state index in [9.17, 15) is 28.8 Å². The van der Waals surface area contributed by atoms with Crippen molar-refractivity contribution >= 4 is 218 Å². The summed E-state index contributed by atoms with van der Waals surface area (Å²) >= 11 is 19.7. The van der Waals surface area contributed by atoms with Gasteiger partial charge in [0.1, 0.15) is 11.6 Å². The van der Waals surface area contributed by atoms with Crippen LogP contribution in [0.1, 0.15) is 149 Å². The van der Waals surface area contributed by atoms with Crippen LogP contribution in [0, 0.1) is 0 Å². The summed E-state index contributed by atoms with van der Waals surface area (Å²) in [6, 6.07) is 12.2. The minimum atomic E-state index is -0.639. The second-order valence-corrected chi connectivity index (χ2v) is 38.2. The number of aromatic nitrogens is 2. The summed E-state index contributed by atoms with van der Waals surface area (Å²) in [7, 11) is 3.12. The van der Waals surface area contributed by atoms with Gasteiger partial charge in [-0.3, -0.25) is 33.9 Å². The zero-order valence-corrected chi connectivity index (χ0v) is 78.1. The number of aldehydes is 1. The van der Waals surface area contributed by atoms with Gasteiger partial charge in [-0.1, -0.05) is 0 Å². The number of hydrogen-bond acceptors (Lipinski definition) is 31. The van der Waals surface area contributed by atoms with Gasteiger partial charge < -0.3 is 77.8 Å². The Labute approximate surface area is 733 Å². The van der Waals surface area contributed by atoms with Crippen molar-refractivity contribution < 1.29 is 115 Å². The number of halogens is 3. The molecule has 2 amide bonds. The first-order valence-electron chi connectivity index (χ1n) is 35.4. The number of ether oxygens (including phenoxy) is 3. The van der Waals surface area contributed by atoms with Gasteiger partial charge in [-0.15, -0.1) is 68.0 Å². The summed E-state index contributed by atoms with van der Waals surface area (Å²) in [5.41, 5.74) is 23.4. The Balaban J connectivity index is 0.000000209. The molecule has 113 heavy (non-hydrogen) atoms. The molecule has 0 atom stereocenters. The average molecular weight is 1870 g/mol. The summed E-state index contributed by atoms with van der Waals surface area (Å²) in [4.78, 5) is 90.7. The topological polar surface area (TPSA) is 353 Å². The van der Waals surface area contributed by atoms with E-state index >= 15 is 0 Å². The second kappa shape index (κ2) is 44.2. The molecule has 0 saturated carbocycles. The molecule has 27 nitrogen and oxygen atoms in total. The summed E-state index contributed by atoms with van der Waals surface area (Å²) in [5.74, 6) is -1.88. The second-order valence-electron chi connectivity index (χ2n) is 28.9. The van der Waals surface area contributed by atoms with E-state index in [4.69, 9.17) is 65.1 Å². The van der Waals surface area contributed by atoms with Crippen LogP contribution >= 0.6 is 116 Å². The van der Waals surface area contributed by atoms with E-state index in [1.54, 1.807) is 28.7 Å². The third-order valence-corrected chi connectivity index (χ3v) is 26.8. The fourth-order valence-electron chi connectivity index (χ4n) is 10.6. The van der Waals surface area contributed by atoms with Crippen LogP contribution in [0.3, 0.4) is 0 Å². The molecule has 41 heteroatoms. The van der Waals surface area contributed by atoms with Crippen LogP contribution in [0.25, 0.3) is 30.6 Å². The molecular weight excluding hydrogens is 1780 g/mol. The van der Waals surface area contributed by atoms with Gasteiger partial charge in [0.15, 0.2) is 6.29 Å². The van der Waals surface area contributed by atoms with Crippen molar-refractivity contribution in [2.24, 2.45) is 11.5 Å². The molecule has 0 bridgehead atoms. The summed E-state index contributed by atoms with van der Waals surface area (Å²) < 4.78 is 60.4. The number of nitrogens with zero attached hydrogens (tertiary/aromatic N) is 5. The number of thiophene rings is 6. The minimum Gasteiger partial charge on any atom is -0.793 e. The number of nitrogen functional groups attached to an aromatic ring is 2. The van der Waals surface area contributed by atoms with Gasteiger partial charge in [0, 0.05) is 148 Å². The van der Waals surface area contributed by atoms with E-state index in [1.165, 1.54) is 72.4 Å². The number of rotatable bonds is 12. The normalized spacial score (nSPS) is 18.3. The van der Waals surface area contributed by atoms with Crippen LogP contribution in [0.5, 0.6) is 0 Å². The van der Waals surface area contributed by atoms with Gasteiger partial charge in [-0.05, 0) is 183 Å². The molecule has 8 N–H and O–H groups in total. The molecule has 3 radical (unpaired) electrons. The molecule has 8 aromatic heterocycles. The van der Waals surface area contributed by atoms with Crippen molar-refractivity contribution in [3.05, 3.63) is 114 Å². The van der Waals surface area contributed by atoms with Crippen LogP contribution in [-0.4, -0.2) is 202 Å². The quantitative estimate of drug-likeness (QED) is 0.0382. The van der Waals surface area contributed by atoms with E-state index in [2.05, 4.69) is 157 Å². The number of pyridine rings is 2. The minimum absolute atomic E-state index is 0. The Hall–Kier alpha value is -4.14. The number of anilines is 2. The van der Waals surface area contributed by atoms with Crippen molar-refractivity contribution in [1.29, 1.82) is 0 Å². The van der Waals surface area contributed by atoms with E-state index in [0.717, 1.165) is 168 Å². The third-order valence-electron chi connectivity index (χ3n) is 18.8. The smallest absolute Gasteiger partial charge is 0.793 e. The van der Waals surface area contributed by atoms with Crippen molar-refractivity contribution in [3.63, 3.8) is 0 Å². The van der Waals surface area contributed by atoms with Crippen LogP contribution < -0.4 is 58.0 Å². The average Bonchev–Trinajstić information content (AvgIpc) is 1.60. The van der Waals surface area contributed by atoms with Gasteiger partial charge in [0.05, 0.1) is 102 Å². The molecule has 6 aliphatic rings. The van der Waals surface area contributed by atoms with E-state index in [0.29, 0.717) is 22.8 Å². The first-order chi connectivity index (χ1) is 52.5. The standard InChI is InChI=1S/C17H18N4O2S2.C15H24BNO3S.C12H24B2O4.C9H12BrNOS.C8H6BrN3OS.C5H3BrOS.C4H6O4.C2H3BO2.Na/c18-16-12-6-14(25-15(12)13(7-20-16)17(19)22)10-5-11(24-9-10)8-21-1-3-23-4-2-21;1-14(2)15(3,4)20-16(19-14)12-9-13(21-11-12)10-17-5-7-18-8-6-17;1-9(2)10(3,4)16-13(15-9)14-17-11(5,6)12(7,8)18-14;10-8-5-9(13-7-8)6-11-1-3-12-4-2-11;9-5-1-3-6(14-5)4(8(11)13)2-12-7(3)10;6-4-1-5(2-7)8-3-4;1-3(5)7-8-4(2)6;1-2(4)5-3;/h5-7,9H,1-4,8H2,(H2,18,20)(H2,19,22);9,11H,5-8,10H2,1-4H3;1-8H3;5,7H,1-4,6H2;1-2H,(H2,10,12)(H2,11,13);1-3H;1-2H3;1H3;/q;;;;;;;-1;+1. The van der Waals surface area contributed by atoms with Crippen molar-refractivity contribution in [2.45, 2.75) is 157 Å². The number of primary amides is 2. The molecule has 0 aromatic carbocycles. The molecule has 0 aliphatic carbocycles. The molecule has 0 spiro atoms. The molecule has 607 valence electrons. The molecule has 6 saturated heterocycles. The molecule has 14 rings (SSSR count). The number of morpholine rings is 3. The van der Waals surface area contributed by atoms with Gasteiger partial charge >= 0.3 is 62.6 Å². The Kier molecular flexibility index (Phi) is 38.2. The number of hydrogen-bond donors (Lipinski definition) is 4. The number of amides is 2. The Bertz CT molecular complexity index is 4360. The predicted octanol–water partition coefficient (Wildman–Crippen LogP) is 9.74. The number of nitrogens with two attached hydrogens (primary N) is 4. The maximum absolute atomic E-state index is 11.6. The summed E-state index contributed by atoms with van der Waals surface area (Å²) in [5, 5.41) is 9.88.